The highest BCUT2D eigenvalue weighted by atomic mass is 16.5. The molecule has 0 N–H and O–H groups in total. The predicted molar refractivity (Wildman–Crippen MR) is 76.7 cm³/mol. The fourth-order valence-corrected chi connectivity index (χ4v) is 2.88. The number of nitrogens with zero attached hydrogens (tertiary/aromatic N) is 1. The lowest BCUT2D eigenvalue weighted by Crippen LogP contribution is -2.10. The molecule has 0 spiro atoms. The number of para-hydroxylation sites is 1. The number of anilines is 2. The minimum Gasteiger partial charge on any atom is -0.357 e. The van der Waals surface area contributed by atoms with Gasteiger partial charge in [0, 0.05) is 18.4 Å². The van der Waals surface area contributed by atoms with Crippen molar-refractivity contribution >= 4 is 11.4 Å². The van der Waals surface area contributed by atoms with E-state index in [2.05, 4.69) is 66.6 Å². The summed E-state index contributed by atoms with van der Waals surface area (Å²) >= 11 is 0. The first-order valence-corrected chi connectivity index (χ1v) is 6.59. The van der Waals surface area contributed by atoms with Crippen molar-refractivity contribution in [2.75, 3.05) is 11.9 Å². The fraction of sp³-hybridized carbons (Fsp3) is 0.176. The Balaban J connectivity index is 1.73. The van der Waals surface area contributed by atoms with Crippen molar-refractivity contribution in [1.29, 1.82) is 0 Å². The summed E-state index contributed by atoms with van der Waals surface area (Å²) in [5.41, 5.74) is 5.03. The molecule has 2 heteroatoms. The molecule has 2 bridgehead atoms. The number of hydrogen-bond donors (Lipinski definition) is 0. The minimum absolute atomic E-state index is 0.157. The predicted octanol–water partition coefficient (Wildman–Crippen LogP) is 4.14. The van der Waals surface area contributed by atoms with E-state index in [0.29, 0.717) is 0 Å². The summed E-state index contributed by atoms with van der Waals surface area (Å²) in [4.78, 5) is 2.20. The van der Waals surface area contributed by atoms with Gasteiger partial charge < -0.3 is 9.64 Å². The van der Waals surface area contributed by atoms with E-state index in [4.69, 9.17) is 4.74 Å². The monoisotopic (exact) mass is 249 g/mol. The van der Waals surface area contributed by atoms with Gasteiger partial charge in [-0.05, 0) is 35.4 Å². The summed E-state index contributed by atoms with van der Waals surface area (Å²) in [6, 6.07) is 17.0. The lowest BCUT2D eigenvalue weighted by Gasteiger charge is -2.21. The highest BCUT2D eigenvalue weighted by Gasteiger charge is 2.33. The van der Waals surface area contributed by atoms with Crippen LogP contribution in [0.3, 0.4) is 0 Å². The molecule has 0 saturated carbocycles. The van der Waals surface area contributed by atoms with E-state index >= 15 is 0 Å². The second kappa shape index (κ2) is 3.97. The van der Waals surface area contributed by atoms with Gasteiger partial charge in [-0.2, -0.15) is 0 Å². The van der Waals surface area contributed by atoms with Gasteiger partial charge in [0.15, 0.2) is 0 Å². The molecule has 2 nitrogen and oxygen atoms in total. The molecular formula is C17H15NO. The quantitative estimate of drug-likeness (QED) is 0.742. The SMILES string of the molecule is CN(c1ccccc1)c1ccc2c(c1)[C@H]1C=C[C@@H]2O1. The number of hydrogen-bond acceptors (Lipinski definition) is 2. The Morgan fingerprint density at radius 1 is 0.842 bits per heavy atom. The van der Waals surface area contributed by atoms with Gasteiger partial charge in [0.05, 0.1) is 0 Å². The Morgan fingerprint density at radius 3 is 2.37 bits per heavy atom. The Kier molecular flexibility index (Phi) is 2.26. The van der Waals surface area contributed by atoms with Gasteiger partial charge >= 0.3 is 0 Å². The molecular weight excluding hydrogens is 234 g/mol. The number of ether oxygens (including phenoxy) is 1. The average Bonchev–Trinajstić information content (AvgIpc) is 3.09. The maximum absolute atomic E-state index is 5.85. The van der Waals surface area contributed by atoms with E-state index in [-0.39, 0.29) is 12.2 Å². The Morgan fingerprint density at radius 2 is 1.58 bits per heavy atom. The summed E-state index contributed by atoms with van der Waals surface area (Å²) < 4.78 is 5.85. The Labute approximate surface area is 112 Å². The van der Waals surface area contributed by atoms with Crippen molar-refractivity contribution in [1.82, 2.24) is 0 Å². The number of rotatable bonds is 2. The van der Waals surface area contributed by atoms with Crippen molar-refractivity contribution < 1.29 is 4.74 Å². The maximum atomic E-state index is 5.85. The molecule has 2 aromatic rings. The van der Waals surface area contributed by atoms with Crippen molar-refractivity contribution in [3.8, 4) is 0 Å². The average molecular weight is 249 g/mol. The van der Waals surface area contributed by atoms with E-state index in [1.807, 2.05) is 6.07 Å². The van der Waals surface area contributed by atoms with E-state index in [9.17, 15) is 0 Å². The van der Waals surface area contributed by atoms with Crippen LogP contribution in [0.1, 0.15) is 23.3 Å². The molecule has 0 saturated heterocycles. The van der Waals surface area contributed by atoms with Gasteiger partial charge in [0.25, 0.3) is 0 Å². The molecule has 2 aliphatic rings. The maximum Gasteiger partial charge on any atom is 0.102 e. The third-order valence-corrected chi connectivity index (χ3v) is 3.97. The van der Waals surface area contributed by atoms with E-state index in [0.717, 1.165) is 0 Å². The smallest absolute Gasteiger partial charge is 0.102 e. The summed E-state index contributed by atoms with van der Waals surface area (Å²) in [6.07, 6.45) is 4.63. The van der Waals surface area contributed by atoms with Gasteiger partial charge in [-0.15, -0.1) is 0 Å². The first kappa shape index (κ1) is 10.8. The molecule has 0 radical (unpaired) electrons. The molecule has 19 heavy (non-hydrogen) atoms. The van der Waals surface area contributed by atoms with Gasteiger partial charge in [-0.3, -0.25) is 0 Å². The van der Waals surface area contributed by atoms with Gasteiger partial charge in [-0.1, -0.05) is 36.4 Å². The largest absolute Gasteiger partial charge is 0.357 e. The van der Waals surface area contributed by atoms with E-state index < -0.39 is 0 Å². The lowest BCUT2D eigenvalue weighted by molar-refractivity contribution is 0.0879. The van der Waals surface area contributed by atoms with Crippen LogP contribution in [0, 0.1) is 0 Å². The second-order valence-electron chi connectivity index (χ2n) is 5.07. The molecule has 0 amide bonds. The van der Waals surface area contributed by atoms with Crippen molar-refractivity contribution in [3.63, 3.8) is 0 Å². The first-order valence-electron chi connectivity index (χ1n) is 6.59. The van der Waals surface area contributed by atoms with Crippen LogP contribution in [0.15, 0.2) is 60.7 Å². The van der Waals surface area contributed by atoms with Gasteiger partial charge in [0.2, 0.25) is 0 Å². The van der Waals surface area contributed by atoms with Crippen LogP contribution >= 0.6 is 0 Å². The number of benzene rings is 2. The molecule has 2 aliphatic heterocycles. The zero-order valence-corrected chi connectivity index (χ0v) is 10.8. The van der Waals surface area contributed by atoms with Crippen LogP contribution in [0.2, 0.25) is 0 Å². The van der Waals surface area contributed by atoms with Crippen molar-refractivity contribution in [3.05, 3.63) is 71.8 Å². The van der Waals surface area contributed by atoms with Gasteiger partial charge in [-0.25, -0.2) is 0 Å². The summed E-state index contributed by atoms with van der Waals surface area (Å²) in [6.45, 7) is 0. The van der Waals surface area contributed by atoms with Crippen LogP contribution in [0.5, 0.6) is 0 Å². The zero-order chi connectivity index (χ0) is 12.8. The van der Waals surface area contributed by atoms with Crippen LogP contribution in [-0.4, -0.2) is 7.05 Å². The normalized spacial score (nSPS) is 22.6. The molecule has 4 rings (SSSR count). The lowest BCUT2D eigenvalue weighted by atomic mass is 9.96. The molecule has 2 heterocycles. The molecule has 2 atom stereocenters. The van der Waals surface area contributed by atoms with Crippen LogP contribution in [0.4, 0.5) is 11.4 Å². The Hall–Kier alpha value is -2.06. The molecule has 0 aliphatic carbocycles. The van der Waals surface area contributed by atoms with Crippen LogP contribution < -0.4 is 4.90 Å². The van der Waals surface area contributed by atoms with E-state index in [1.165, 1.54) is 22.5 Å². The fourth-order valence-electron chi connectivity index (χ4n) is 2.88. The standard InChI is InChI=1S/C17H15NO/c1-18(12-5-3-2-4-6-12)13-7-8-14-15(11-13)17-10-9-16(14)19-17/h2-11,16-17H,1H3/t16-,17+/m0/s1. The highest BCUT2D eigenvalue weighted by molar-refractivity contribution is 5.65. The third-order valence-electron chi connectivity index (χ3n) is 3.97. The zero-order valence-electron chi connectivity index (χ0n) is 10.8. The summed E-state index contributed by atoms with van der Waals surface area (Å²) in [7, 11) is 2.10. The Bertz CT molecular complexity index is 648. The molecule has 0 fully saturated rings. The van der Waals surface area contributed by atoms with Crippen LogP contribution in [0.25, 0.3) is 0 Å². The molecule has 0 aromatic heterocycles. The van der Waals surface area contributed by atoms with Gasteiger partial charge in [0.1, 0.15) is 12.2 Å². The topological polar surface area (TPSA) is 12.5 Å². The minimum atomic E-state index is 0.157. The summed E-state index contributed by atoms with van der Waals surface area (Å²) in [5.74, 6) is 0. The molecule has 0 unspecified atom stereocenters. The van der Waals surface area contributed by atoms with Crippen molar-refractivity contribution in [2.24, 2.45) is 0 Å². The first-order chi connectivity index (χ1) is 9.33. The van der Waals surface area contributed by atoms with Crippen LogP contribution in [-0.2, 0) is 4.74 Å². The molecule has 2 aromatic carbocycles. The van der Waals surface area contributed by atoms with E-state index in [1.54, 1.807) is 0 Å². The second-order valence-corrected chi connectivity index (χ2v) is 5.07. The number of fused-ring (bicyclic) bond motifs is 5. The molecule has 94 valence electrons. The summed E-state index contributed by atoms with van der Waals surface area (Å²) in [5, 5.41) is 0. The highest BCUT2D eigenvalue weighted by Crippen LogP contribution is 2.47. The third kappa shape index (κ3) is 1.60. The van der Waals surface area contributed by atoms with Crippen molar-refractivity contribution in [2.45, 2.75) is 12.2 Å².